The van der Waals surface area contributed by atoms with Crippen molar-refractivity contribution in [2.45, 2.75) is 213 Å². The van der Waals surface area contributed by atoms with Crippen LogP contribution in [-0.2, 0) is 28.6 Å². The minimum Gasteiger partial charge on any atom is -0.462 e. The Kier molecular flexibility index (Phi) is 45.1. The molecule has 0 saturated heterocycles. The van der Waals surface area contributed by atoms with Gasteiger partial charge in [-0.25, -0.2) is 0 Å². The summed E-state index contributed by atoms with van der Waals surface area (Å²) in [6.07, 6.45) is 62.7. The Morgan fingerprint density at radius 2 is 0.767 bits per heavy atom. The Bertz CT molecular complexity index is 1230. The van der Waals surface area contributed by atoms with Crippen molar-refractivity contribution in [2.24, 2.45) is 0 Å². The zero-order valence-electron chi connectivity index (χ0n) is 38.7. The molecule has 1 unspecified atom stereocenters. The lowest BCUT2D eigenvalue weighted by molar-refractivity contribution is -0.166. The van der Waals surface area contributed by atoms with E-state index < -0.39 is 12.1 Å². The summed E-state index contributed by atoms with van der Waals surface area (Å²) >= 11 is 0. The SMILES string of the molecule is CC/C=C/C=C/C=C/C=C/C=C/CCCC(=O)OC(COC(=O)CC/C=C/C/C=C/CCCCCCCC)COC(=O)CCCCCCC/C=C/CCCCCCCCC. The Morgan fingerprint density at radius 1 is 0.367 bits per heavy atom. The summed E-state index contributed by atoms with van der Waals surface area (Å²) in [5, 5.41) is 0. The largest absolute Gasteiger partial charge is 0.462 e. The highest BCUT2D eigenvalue weighted by Crippen LogP contribution is 2.12. The lowest BCUT2D eigenvalue weighted by Gasteiger charge is -2.18. The molecule has 0 aromatic heterocycles. The molecule has 0 aromatic carbocycles. The van der Waals surface area contributed by atoms with E-state index in [4.69, 9.17) is 14.2 Å². The normalized spacial score (nSPS) is 12.9. The molecule has 0 aromatic rings. The average molecular weight is 833 g/mol. The highest BCUT2D eigenvalue weighted by molar-refractivity contribution is 5.71. The van der Waals surface area contributed by atoms with Crippen molar-refractivity contribution >= 4 is 17.9 Å². The number of carbonyl (C=O) groups excluding carboxylic acids is 3. The molecular formula is C54H88O6. The first-order valence-electron chi connectivity index (χ1n) is 24.3. The molecule has 0 fully saturated rings. The molecule has 6 heteroatoms. The summed E-state index contributed by atoms with van der Waals surface area (Å²) < 4.78 is 16.6. The number of unbranched alkanes of at least 4 members (excludes halogenated alkanes) is 19. The van der Waals surface area contributed by atoms with Crippen LogP contribution in [0.4, 0.5) is 0 Å². The van der Waals surface area contributed by atoms with E-state index in [0.29, 0.717) is 19.3 Å². The molecule has 0 aliphatic carbocycles. The van der Waals surface area contributed by atoms with Gasteiger partial charge in [0, 0.05) is 19.3 Å². The van der Waals surface area contributed by atoms with Gasteiger partial charge >= 0.3 is 17.9 Å². The fraction of sp³-hybridized carbons (Fsp3) is 0.648. The van der Waals surface area contributed by atoms with Crippen LogP contribution in [0.25, 0.3) is 0 Å². The number of rotatable bonds is 42. The van der Waals surface area contributed by atoms with Gasteiger partial charge in [0.15, 0.2) is 6.10 Å². The second kappa shape index (κ2) is 48.0. The van der Waals surface area contributed by atoms with Crippen LogP contribution in [0.5, 0.6) is 0 Å². The van der Waals surface area contributed by atoms with Gasteiger partial charge in [-0.3, -0.25) is 14.4 Å². The van der Waals surface area contributed by atoms with E-state index >= 15 is 0 Å². The molecule has 0 saturated carbocycles. The number of hydrogen-bond acceptors (Lipinski definition) is 6. The first kappa shape index (κ1) is 56.3. The van der Waals surface area contributed by atoms with Gasteiger partial charge in [-0.05, 0) is 77.0 Å². The average Bonchev–Trinajstić information content (AvgIpc) is 3.24. The molecule has 6 nitrogen and oxygen atoms in total. The van der Waals surface area contributed by atoms with E-state index in [1.165, 1.54) is 96.3 Å². The van der Waals surface area contributed by atoms with Gasteiger partial charge in [-0.2, -0.15) is 0 Å². The van der Waals surface area contributed by atoms with Crippen LogP contribution in [0.15, 0.2) is 97.2 Å². The summed E-state index contributed by atoms with van der Waals surface area (Å²) in [7, 11) is 0. The van der Waals surface area contributed by atoms with E-state index in [1.54, 1.807) is 0 Å². The number of ether oxygens (including phenoxy) is 3. The molecule has 0 rings (SSSR count). The van der Waals surface area contributed by atoms with Crippen LogP contribution in [0.2, 0.25) is 0 Å². The van der Waals surface area contributed by atoms with Crippen molar-refractivity contribution < 1.29 is 28.6 Å². The van der Waals surface area contributed by atoms with Crippen LogP contribution >= 0.6 is 0 Å². The standard InChI is InChI=1S/C54H88O6/c1-4-7-10-13-16-19-22-25-26-27-30-32-35-38-41-44-47-53(56)59-50-51(60-54(57)48-45-42-39-36-33-29-24-21-18-15-12-9-6-3)49-58-52(55)46-43-40-37-34-31-28-23-20-17-14-11-8-5-2/h9,12,15,18,21,24,26-29,31,33,36-37,39-40,51H,4-8,10-11,13-14,16-17,19-20,22-23,25,30,32,34-35,38,41-50H2,1-3H3/b12-9+,18-15+,24-21+,27-26+,31-28+,33-29+,39-36+,40-37+. The van der Waals surface area contributed by atoms with Gasteiger partial charge in [0.2, 0.25) is 0 Å². The molecule has 1 atom stereocenters. The third-order valence-corrected chi connectivity index (χ3v) is 9.93. The molecule has 0 aliphatic heterocycles. The molecule has 0 bridgehead atoms. The van der Waals surface area contributed by atoms with Gasteiger partial charge in [-0.1, -0.05) is 208 Å². The lowest BCUT2D eigenvalue weighted by Crippen LogP contribution is -2.30. The second-order valence-corrected chi connectivity index (χ2v) is 15.8. The lowest BCUT2D eigenvalue weighted by atomic mass is 10.1. The third kappa shape index (κ3) is 45.4. The number of carbonyl (C=O) groups is 3. The van der Waals surface area contributed by atoms with Gasteiger partial charge in [-0.15, -0.1) is 0 Å². The fourth-order valence-corrected chi connectivity index (χ4v) is 6.28. The first-order chi connectivity index (χ1) is 29.5. The van der Waals surface area contributed by atoms with E-state index in [2.05, 4.69) is 57.2 Å². The van der Waals surface area contributed by atoms with Crippen LogP contribution < -0.4 is 0 Å². The van der Waals surface area contributed by atoms with Crippen molar-refractivity contribution in [2.75, 3.05) is 13.2 Å². The van der Waals surface area contributed by atoms with Gasteiger partial charge in [0.1, 0.15) is 13.2 Å². The predicted molar refractivity (Wildman–Crippen MR) is 256 cm³/mol. The molecule has 0 radical (unpaired) electrons. The van der Waals surface area contributed by atoms with Crippen molar-refractivity contribution in [3.05, 3.63) is 97.2 Å². The summed E-state index contributed by atoms with van der Waals surface area (Å²) in [6, 6.07) is 0. The van der Waals surface area contributed by atoms with Crippen molar-refractivity contribution in [1.29, 1.82) is 0 Å². The van der Waals surface area contributed by atoms with E-state index in [9.17, 15) is 14.4 Å². The highest BCUT2D eigenvalue weighted by Gasteiger charge is 2.19. The third-order valence-electron chi connectivity index (χ3n) is 9.93. The van der Waals surface area contributed by atoms with E-state index in [1.807, 2.05) is 60.8 Å². The Hall–Kier alpha value is -3.67. The summed E-state index contributed by atoms with van der Waals surface area (Å²) in [5.74, 6) is -1.09. The van der Waals surface area contributed by atoms with Crippen LogP contribution in [0.1, 0.15) is 207 Å². The van der Waals surface area contributed by atoms with Crippen molar-refractivity contribution in [3.63, 3.8) is 0 Å². The van der Waals surface area contributed by atoms with Crippen LogP contribution in [0, 0.1) is 0 Å². The molecule has 0 aliphatic rings. The predicted octanol–water partition coefficient (Wildman–Crippen LogP) is 15.8. The van der Waals surface area contributed by atoms with Gasteiger partial charge in [0.25, 0.3) is 0 Å². The number of esters is 3. The molecule has 0 spiro atoms. The zero-order chi connectivity index (χ0) is 43.7. The molecular weight excluding hydrogens is 745 g/mol. The maximum absolute atomic E-state index is 12.7. The van der Waals surface area contributed by atoms with E-state index in [0.717, 1.165) is 57.8 Å². The molecule has 60 heavy (non-hydrogen) atoms. The Labute approximate surface area is 368 Å². The smallest absolute Gasteiger partial charge is 0.306 e. The first-order valence-corrected chi connectivity index (χ1v) is 24.3. The number of hydrogen-bond donors (Lipinski definition) is 0. The minimum atomic E-state index is -0.839. The molecule has 0 N–H and O–H groups in total. The topological polar surface area (TPSA) is 78.9 Å². The summed E-state index contributed by atoms with van der Waals surface area (Å²) in [6.45, 7) is 6.34. The number of allylic oxidation sites excluding steroid dienone is 16. The monoisotopic (exact) mass is 833 g/mol. The maximum atomic E-state index is 12.7. The quantitative estimate of drug-likeness (QED) is 0.0200. The van der Waals surface area contributed by atoms with Gasteiger partial charge in [0.05, 0.1) is 0 Å². The second-order valence-electron chi connectivity index (χ2n) is 15.8. The van der Waals surface area contributed by atoms with Gasteiger partial charge < -0.3 is 14.2 Å². The fourth-order valence-electron chi connectivity index (χ4n) is 6.28. The van der Waals surface area contributed by atoms with Crippen LogP contribution in [0.3, 0.4) is 0 Å². The maximum Gasteiger partial charge on any atom is 0.306 e. The Balaban J connectivity index is 4.56. The van der Waals surface area contributed by atoms with Crippen molar-refractivity contribution in [3.8, 4) is 0 Å². The highest BCUT2D eigenvalue weighted by atomic mass is 16.6. The van der Waals surface area contributed by atoms with E-state index in [-0.39, 0.29) is 38.0 Å². The Morgan fingerprint density at radius 3 is 1.30 bits per heavy atom. The summed E-state index contributed by atoms with van der Waals surface area (Å²) in [5.41, 5.74) is 0. The molecule has 0 amide bonds. The zero-order valence-corrected chi connectivity index (χ0v) is 38.7. The van der Waals surface area contributed by atoms with Crippen molar-refractivity contribution in [1.82, 2.24) is 0 Å². The molecule has 0 heterocycles. The minimum absolute atomic E-state index is 0.129. The molecule has 340 valence electrons. The summed E-state index contributed by atoms with van der Waals surface area (Å²) in [4.78, 5) is 37.8. The van der Waals surface area contributed by atoms with Crippen LogP contribution in [-0.4, -0.2) is 37.2 Å².